The van der Waals surface area contributed by atoms with E-state index in [-0.39, 0.29) is 5.69 Å². The molecule has 0 atom stereocenters. The summed E-state index contributed by atoms with van der Waals surface area (Å²) in [5.41, 5.74) is 1.01. The van der Waals surface area contributed by atoms with Gasteiger partial charge in [-0.1, -0.05) is 26.0 Å². The summed E-state index contributed by atoms with van der Waals surface area (Å²) < 4.78 is 5.02. The summed E-state index contributed by atoms with van der Waals surface area (Å²) in [5, 5.41) is 17.1. The fourth-order valence-electron chi connectivity index (χ4n) is 1.82. The molecular formula is C16H26N4O3. The Morgan fingerprint density at radius 3 is 2.48 bits per heavy atom. The van der Waals surface area contributed by atoms with Crippen LogP contribution in [0.3, 0.4) is 0 Å². The van der Waals surface area contributed by atoms with Gasteiger partial charge in [-0.15, -0.1) is 0 Å². The first kappa shape index (κ1) is 18.9. The molecule has 1 aromatic carbocycles. The molecule has 1 aromatic rings. The highest BCUT2D eigenvalue weighted by atomic mass is 16.6. The number of hydrogen-bond donors (Lipinski definition) is 2. The molecule has 0 unspecified atom stereocenters. The molecule has 23 heavy (non-hydrogen) atoms. The zero-order valence-corrected chi connectivity index (χ0v) is 14.0. The first-order valence-electron chi connectivity index (χ1n) is 7.77. The molecule has 0 aliphatic rings. The van der Waals surface area contributed by atoms with Crippen LogP contribution in [-0.2, 0) is 11.3 Å². The predicted octanol–water partition coefficient (Wildman–Crippen LogP) is 2.32. The number of hydrogen-bond acceptors (Lipinski definition) is 4. The number of aliphatic imine (C=N–C) groups is 1. The summed E-state index contributed by atoms with van der Waals surface area (Å²) in [7, 11) is 1.65. The Balaban J connectivity index is 2.59. The third-order valence-electron chi connectivity index (χ3n) is 3.18. The number of ether oxygens (including phenoxy) is 1. The van der Waals surface area contributed by atoms with E-state index in [4.69, 9.17) is 4.74 Å². The van der Waals surface area contributed by atoms with Gasteiger partial charge >= 0.3 is 0 Å². The second-order valence-electron chi connectivity index (χ2n) is 5.62. The van der Waals surface area contributed by atoms with Crippen LogP contribution in [0.25, 0.3) is 0 Å². The van der Waals surface area contributed by atoms with E-state index in [9.17, 15) is 10.1 Å². The van der Waals surface area contributed by atoms with Crippen LogP contribution in [0, 0.1) is 16.0 Å². The lowest BCUT2D eigenvalue weighted by atomic mass is 10.1. The summed E-state index contributed by atoms with van der Waals surface area (Å²) in [5.74, 6) is 1.35. The van der Waals surface area contributed by atoms with Crippen LogP contribution in [0.2, 0.25) is 0 Å². The Hall–Kier alpha value is -2.15. The maximum atomic E-state index is 10.6. The van der Waals surface area contributed by atoms with Gasteiger partial charge in [0.25, 0.3) is 5.69 Å². The van der Waals surface area contributed by atoms with Crippen molar-refractivity contribution in [1.82, 2.24) is 10.6 Å². The largest absolute Gasteiger partial charge is 0.383 e. The summed E-state index contributed by atoms with van der Waals surface area (Å²) in [6.45, 7) is 6.92. The summed E-state index contributed by atoms with van der Waals surface area (Å²) >= 11 is 0. The lowest BCUT2D eigenvalue weighted by Gasteiger charge is -2.13. The van der Waals surface area contributed by atoms with Gasteiger partial charge in [0.1, 0.15) is 0 Å². The molecule has 0 bridgehead atoms. The molecular weight excluding hydrogens is 296 g/mol. The van der Waals surface area contributed by atoms with Crippen LogP contribution in [-0.4, -0.2) is 37.7 Å². The second-order valence-corrected chi connectivity index (χ2v) is 5.62. The minimum absolute atomic E-state index is 0.0891. The van der Waals surface area contributed by atoms with Gasteiger partial charge < -0.3 is 15.4 Å². The van der Waals surface area contributed by atoms with Crippen molar-refractivity contribution in [1.29, 1.82) is 0 Å². The lowest BCUT2D eigenvalue weighted by molar-refractivity contribution is -0.384. The number of non-ortho nitro benzene ring substituents is 1. The van der Waals surface area contributed by atoms with Gasteiger partial charge in [0.15, 0.2) is 5.96 Å². The summed E-state index contributed by atoms with van der Waals surface area (Å²) in [6, 6.07) is 6.44. The van der Waals surface area contributed by atoms with Crippen molar-refractivity contribution in [3.8, 4) is 0 Å². The van der Waals surface area contributed by atoms with Gasteiger partial charge in [-0.25, -0.2) is 4.99 Å². The molecule has 128 valence electrons. The van der Waals surface area contributed by atoms with E-state index < -0.39 is 4.92 Å². The molecule has 0 spiro atoms. The molecule has 0 aliphatic heterocycles. The van der Waals surface area contributed by atoms with Crippen LogP contribution in [0.4, 0.5) is 5.69 Å². The molecule has 1 rings (SSSR count). The average molecular weight is 322 g/mol. The maximum Gasteiger partial charge on any atom is 0.269 e. The molecule has 0 radical (unpaired) electrons. The molecule has 0 heterocycles. The number of nitrogens with zero attached hydrogens (tertiary/aromatic N) is 2. The molecule has 0 saturated carbocycles. The van der Waals surface area contributed by atoms with Crippen LogP contribution in [0.1, 0.15) is 25.8 Å². The van der Waals surface area contributed by atoms with Gasteiger partial charge in [0.2, 0.25) is 0 Å². The van der Waals surface area contributed by atoms with Crippen molar-refractivity contribution in [3.63, 3.8) is 0 Å². The maximum absolute atomic E-state index is 10.6. The highest BCUT2D eigenvalue weighted by molar-refractivity contribution is 5.79. The number of nitro benzene ring substituents is 1. The highest BCUT2D eigenvalue weighted by Gasteiger charge is 2.04. The molecule has 0 aromatic heterocycles. The van der Waals surface area contributed by atoms with E-state index in [1.165, 1.54) is 12.1 Å². The van der Waals surface area contributed by atoms with E-state index >= 15 is 0 Å². The fourth-order valence-corrected chi connectivity index (χ4v) is 1.82. The Bertz CT molecular complexity index is 501. The van der Waals surface area contributed by atoms with Crippen molar-refractivity contribution in [2.75, 3.05) is 26.8 Å². The first-order chi connectivity index (χ1) is 11.0. The normalized spacial score (nSPS) is 11.6. The third-order valence-corrected chi connectivity index (χ3v) is 3.18. The zero-order chi connectivity index (χ0) is 17.1. The molecule has 0 saturated heterocycles. The topological polar surface area (TPSA) is 88.8 Å². The van der Waals surface area contributed by atoms with Gasteiger partial charge in [-0.2, -0.15) is 0 Å². The van der Waals surface area contributed by atoms with Crippen LogP contribution in [0.5, 0.6) is 0 Å². The summed E-state index contributed by atoms with van der Waals surface area (Å²) in [4.78, 5) is 14.7. The van der Waals surface area contributed by atoms with Crippen LogP contribution >= 0.6 is 0 Å². The number of nitro groups is 1. The Kier molecular flexibility index (Phi) is 8.67. The monoisotopic (exact) mass is 322 g/mol. The lowest BCUT2D eigenvalue weighted by Crippen LogP contribution is -2.39. The Morgan fingerprint density at radius 1 is 1.26 bits per heavy atom. The van der Waals surface area contributed by atoms with Gasteiger partial charge in [-0.05, 0) is 17.9 Å². The minimum atomic E-state index is -0.405. The predicted molar refractivity (Wildman–Crippen MR) is 91.6 cm³/mol. The molecule has 0 amide bonds. The molecule has 7 nitrogen and oxygen atoms in total. The summed E-state index contributed by atoms with van der Waals surface area (Å²) in [6.07, 6.45) is 1.06. The molecule has 0 fully saturated rings. The van der Waals surface area contributed by atoms with Crippen molar-refractivity contribution in [3.05, 3.63) is 39.9 Å². The number of methoxy groups -OCH3 is 1. The van der Waals surface area contributed by atoms with Gasteiger partial charge in [-0.3, -0.25) is 10.1 Å². The number of guanidine groups is 1. The highest BCUT2D eigenvalue weighted by Crippen LogP contribution is 2.12. The van der Waals surface area contributed by atoms with Crippen molar-refractivity contribution in [2.24, 2.45) is 10.9 Å². The fraction of sp³-hybridized carbons (Fsp3) is 0.562. The Labute approximate surface area is 137 Å². The molecule has 0 aliphatic carbocycles. The van der Waals surface area contributed by atoms with E-state index in [1.807, 2.05) is 0 Å². The Morgan fingerprint density at radius 2 is 1.91 bits per heavy atom. The van der Waals surface area contributed by atoms with Crippen molar-refractivity contribution >= 4 is 11.6 Å². The zero-order valence-electron chi connectivity index (χ0n) is 14.0. The van der Waals surface area contributed by atoms with Crippen molar-refractivity contribution < 1.29 is 9.66 Å². The van der Waals surface area contributed by atoms with Crippen LogP contribution < -0.4 is 10.6 Å². The third kappa shape index (κ3) is 8.15. The molecule has 2 N–H and O–H groups in total. The van der Waals surface area contributed by atoms with E-state index in [0.29, 0.717) is 25.6 Å². The average Bonchev–Trinajstić information content (AvgIpc) is 2.52. The van der Waals surface area contributed by atoms with E-state index in [1.54, 1.807) is 19.2 Å². The van der Waals surface area contributed by atoms with Crippen LogP contribution in [0.15, 0.2) is 29.3 Å². The quantitative estimate of drug-likeness (QED) is 0.239. The molecule has 7 heteroatoms. The standard InChI is InChI=1S/C16H26N4O3/c1-13(2)8-9-17-16(18-10-11-23-3)19-12-14-4-6-15(7-5-14)20(21)22/h4-7,13H,8-12H2,1-3H3,(H2,17,18,19). The van der Waals surface area contributed by atoms with E-state index in [0.717, 1.165) is 24.5 Å². The first-order valence-corrected chi connectivity index (χ1v) is 7.77. The minimum Gasteiger partial charge on any atom is -0.383 e. The van der Waals surface area contributed by atoms with E-state index in [2.05, 4.69) is 29.5 Å². The van der Waals surface area contributed by atoms with Gasteiger partial charge in [0.05, 0.1) is 18.1 Å². The smallest absolute Gasteiger partial charge is 0.269 e. The number of benzene rings is 1. The number of nitrogens with one attached hydrogen (secondary N) is 2. The second kappa shape index (κ2) is 10.6. The van der Waals surface area contributed by atoms with Crippen molar-refractivity contribution in [2.45, 2.75) is 26.8 Å². The van der Waals surface area contributed by atoms with Gasteiger partial charge in [0, 0.05) is 32.3 Å². The SMILES string of the molecule is COCCNC(=NCc1ccc([N+](=O)[O-])cc1)NCCC(C)C. The number of rotatable bonds is 9.